The number of allylic oxidation sites excluding steroid dienone is 2. The lowest BCUT2D eigenvalue weighted by molar-refractivity contribution is 0.241. The first-order chi connectivity index (χ1) is 10.8. The fourth-order valence-corrected chi connectivity index (χ4v) is 2.90. The van der Waals surface area contributed by atoms with E-state index in [4.69, 9.17) is 10.6 Å². The number of aliphatic imine (C=N–C) groups is 2. The normalized spacial score (nSPS) is 26.0. The first-order valence-corrected chi connectivity index (χ1v) is 7.20. The number of dihydropyridines is 1. The highest BCUT2D eigenvalue weighted by atomic mass is 16.5. The van der Waals surface area contributed by atoms with Crippen molar-refractivity contribution in [2.24, 2.45) is 15.8 Å². The molecule has 0 fully saturated rings. The molecule has 4 rings (SSSR count). The van der Waals surface area contributed by atoms with E-state index in [9.17, 15) is 0 Å². The number of nitrogens with two attached hydrogens (primary N) is 1. The average Bonchev–Trinajstić information content (AvgIpc) is 2.90. The Morgan fingerprint density at radius 2 is 2.09 bits per heavy atom. The molecule has 22 heavy (non-hydrogen) atoms. The van der Waals surface area contributed by atoms with Gasteiger partial charge in [-0.3, -0.25) is 10.8 Å². The van der Waals surface area contributed by atoms with Crippen molar-refractivity contribution in [3.8, 4) is 0 Å². The lowest BCUT2D eigenvalue weighted by Crippen LogP contribution is -2.54. The first kappa shape index (κ1) is 13.2. The minimum atomic E-state index is -0.533. The van der Waals surface area contributed by atoms with E-state index >= 15 is 0 Å². The number of hydrazine groups is 1. The van der Waals surface area contributed by atoms with Crippen LogP contribution in [-0.2, 0) is 11.3 Å². The summed E-state index contributed by atoms with van der Waals surface area (Å²) in [5.41, 5.74) is 2.35. The molecular formula is C17H16N4O. The summed E-state index contributed by atoms with van der Waals surface area (Å²) in [6.07, 6.45) is 9.77. The van der Waals surface area contributed by atoms with E-state index < -0.39 is 5.54 Å². The summed E-state index contributed by atoms with van der Waals surface area (Å²) < 4.78 is 5.80. The van der Waals surface area contributed by atoms with E-state index in [2.05, 4.69) is 9.98 Å². The molecule has 0 aromatic heterocycles. The standard InChI is InChI=1S/C17H16N4O/c18-21-12-19-14-7-4-8-15-17(14,21)10-9-16(20-15)22-11-13-5-2-1-3-6-13/h1-10H,11-12,18H2. The summed E-state index contributed by atoms with van der Waals surface area (Å²) in [5.74, 6) is 6.72. The number of hydrogen-bond donors (Lipinski definition) is 1. The second-order valence-corrected chi connectivity index (χ2v) is 5.39. The largest absolute Gasteiger partial charge is 0.473 e. The maximum absolute atomic E-state index is 6.13. The highest BCUT2D eigenvalue weighted by Gasteiger charge is 2.47. The number of benzene rings is 1. The Labute approximate surface area is 128 Å². The molecule has 1 atom stereocenters. The second kappa shape index (κ2) is 5.05. The summed E-state index contributed by atoms with van der Waals surface area (Å²) in [4.78, 5) is 9.08. The smallest absolute Gasteiger partial charge is 0.213 e. The van der Waals surface area contributed by atoms with Crippen LogP contribution in [0.2, 0.25) is 0 Å². The van der Waals surface area contributed by atoms with Gasteiger partial charge in [0.05, 0.1) is 11.4 Å². The highest BCUT2D eigenvalue weighted by Crippen LogP contribution is 2.36. The van der Waals surface area contributed by atoms with Gasteiger partial charge in [0.15, 0.2) is 0 Å². The van der Waals surface area contributed by atoms with Crippen LogP contribution in [0.25, 0.3) is 0 Å². The van der Waals surface area contributed by atoms with Crippen molar-refractivity contribution in [3.63, 3.8) is 0 Å². The molecule has 1 spiro atoms. The van der Waals surface area contributed by atoms with Crippen LogP contribution in [0.5, 0.6) is 0 Å². The Hall–Kier alpha value is -2.50. The molecule has 1 aliphatic carbocycles. The minimum Gasteiger partial charge on any atom is -0.473 e. The molecule has 0 bridgehead atoms. The van der Waals surface area contributed by atoms with Crippen LogP contribution < -0.4 is 5.84 Å². The van der Waals surface area contributed by atoms with Gasteiger partial charge in [-0.1, -0.05) is 36.4 Å². The van der Waals surface area contributed by atoms with Crippen molar-refractivity contribution in [1.82, 2.24) is 5.01 Å². The highest BCUT2D eigenvalue weighted by molar-refractivity contribution is 6.11. The van der Waals surface area contributed by atoms with Crippen molar-refractivity contribution < 1.29 is 4.74 Å². The minimum absolute atomic E-state index is 0.469. The molecule has 0 radical (unpaired) electrons. The van der Waals surface area contributed by atoms with E-state index in [1.54, 1.807) is 5.01 Å². The van der Waals surface area contributed by atoms with Crippen LogP contribution in [-0.4, -0.2) is 28.8 Å². The van der Waals surface area contributed by atoms with E-state index in [0.717, 1.165) is 17.0 Å². The molecule has 0 saturated heterocycles. The Kier molecular flexibility index (Phi) is 3.03. The quantitative estimate of drug-likeness (QED) is 0.847. The number of nitrogens with zero attached hydrogens (tertiary/aromatic N) is 3. The maximum Gasteiger partial charge on any atom is 0.213 e. The first-order valence-electron chi connectivity index (χ1n) is 7.20. The monoisotopic (exact) mass is 292 g/mol. The van der Waals surface area contributed by atoms with Gasteiger partial charge in [-0.25, -0.2) is 10.0 Å². The van der Waals surface area contributed by atoms with E-state index in [1.165, 1.54) is 0 Å². The molecule has 110 valence electrons. The SMILES string of the molecule is NN1CN=C2C=CC=C3N=C(OCc4ccccc4)C=CC321. The summed E-state index contributed by atoms with van der Waals surface area (Å²) in [6, 6.07) is 10.0. The van der Waals surface area contributed by atoms with Crippen molar-refractivity contribution >= 4 is 11.6 Å². The topological polar surface area (TPSA) is 63.2 Å². The maximum atomic E-state index is 6.13. The van der Waals surface area contributed by atoms with Gasteiger partial charge in [0, 0.05) is 0 Å². The molecule has 1 aromatic carbocycles. The summed E-state index contributed by atoms with van der Waals surface area (Å²) in [6.45, 7) is 0.963. The third-order valence-electron chi connectivity index (χ3n) is 4.06. The second-order valence-electron chi connectivity index (χ2n) is 5.39. The van der Waals surface area contributed by atoms with Crippen LogP contribution >= 0.6 is 0 Å². The molecule has 1 unspecified atom stereocenters. The molecule has 2 N–H and O–H groups in total. The predicted molar refractivity (Wildman–Crippen MR) is 86.1 cm³/mol. The van der Waals surface area contributed by atoms with Crippen LogP contribution in [0, 0.1) is 0 Å². The number of ether oxygens (including phenoxy) is 1. The Morgan fingerprint density at radius 1 is 1.23 bits per heavy atom. The molecule has 2 aliphatic heterocycles. The van der Waals surface area contributed by atoms with Crippen LogP contribution in [0.3, 0.4) is 0 Å². The average molecular weight is 292 g/mol. The zero-order chi connectivity index (χ0) is 15.0. The van der Waals surface area contributed by atoms with Gasteiger partial charge in [-0.2, -0.15) is 0 Å². The number of hydrogen-bond acceptors (Lipinski definition) is 5. The van der Waals surface area contributed by atoms with Gasteiger partial charge in [0.25, 0.3) is 0 Å². The van der Waals surface area contributed by atoms with Gasteiger partial charge in [0.1, 0.15) is 18.8 Å². The fraction of sp³-hybridized carbons (Fsp3) is 0.176. The van der Waals surface area contributed by atoms with Gasteiger partial charge in [-0.15, -0.1) is 0 Å². The van der Waals surface area contributed by atoms with E-state index in [-0.39, 0.29) is 0 Å². The molecule has 1 aromatic rings. The molecule has 0 saturated carbocycles. The summed E-state index contributed by atoms with van der Waals surface area (Å²) in [7, 11) is 0. The molecule has 5 heteroatoms. The third-order valence-corrected chi connectivity index (χ3v) is 4.06. The number of rotatable bonds is 2. The van der Waals surface area contributed by atoms with Crippen LogP contribution in [0.15, 0.2) is 76.4 Å². The molecular weight excluding hydrogens is 276 g/mol. The van der Waals surface area contributed by atoms with Crippen molar-refractivity contribution in [2.45, 2.75) is 12.1 Å². The van der Waals surface area contributed by atoms with Crippen molar-refractivity contribution in [2.75, 3.05) is 6.67 Å². The van der Waals surface area contributed by atoms with Crippen molar-refractivity contribution in [1.29, 1.82) is 0 Å². The fourth-order valence-electron chi connectivity index (χ4n) is 2.90. The Balaban J connectivity index is 1.57. The third kappa shape index (κ3) is 1.94. The van der Waals surface area contributed by atoms with Gasteiger partial charge in [0.2, 0.25) is 5.90 Å². The Morgan fingerprint density at radius 3 is 2.95 bits per heavy atom. The zero-order valence-corrected chi connectivity index (χ0v) is 12.0. The van der Waals surface area contributed by atoms with Crippen molar-refractivity contribution in [3.05, 3.63) is 72.0 Å². The summed E-state index contributed by atoms with van der Waals surface area (Å²) >= 11 is 0. The lowest BCUT2D eigenvalue weighted by atomic mass is 9.84. The predicted octanol–water partition coefficient (Wildman–Crippen LogP) is 1.95. The summed E-state index contributed by atoms with van der Waals surface area (Å²) in [5, 5.41) is 1.70. The van der Waals surface area contributed by atoms with Gasteiger partial charge >= 0.3 is 0 Å². The van der Waals surface area contributed by atoms with Crippen LogP contribution in [0.1, 0.15) is 5.56 Å². The molecule has 5 nitrogen and oxygen atoms in total. The molecule has 0 amide bonds. The molecule has 2 heterocycles. The van der Waals surface area contributed by atoms with Crippen LogP contribution in [0.4, 0.5) is 0 Å². The molecule has 3 aliphatic rings. The Bertz CT molecular complexity index is 745. The van der Waals surface area contributed by atoms with E-state index in [1.807, 2.05) is 60.7 Å². The van der Waals surface area contributed by atoms with E-state index in [0.29, 0.717) is 19.2 Å². The van der Waals surface area contributed by atoms with Gasteiger partial charge < -0.3 is 4.74 Å². The lowest BCUT2D eigenvalue weighted by Gasteiger charge is -2.36. The van der Waals surface area contributed by atoms with Gasteiger partial charge in [-0.05, 0) is 29.9 Å². The zero-order valence-electron chi connectivity index (χ0n) is 12.0.